The molecule has 0 atom stereocenters. The maximum atomic E-state index is 4.94. The summed E-state index contributed by atoms with van der Waals surface area (Å²) in [5, 5.41) is 0. The third-order valence-electron chi connectivity index (χ3n) is 2.65. The van der Waals surface area contributed by atoms with Gasteiger partial charge in [-0.2, -0.15) is 0 Å². The molecule has 2 rings (SSSR count). The molecule has 0 saturated carbocycles. The second-order valence-electron chi connectivity index (χ2n) is 10.6. The summed E-state index contributed by atoms with van der Waals surface area (Å²) in [6.45, 7) is 40.8. The van der Waals surface area contributed by atoms with Crippen molar-refractivity contribution in [1.29, 1.82) is 0 Å². The standard InChI is InChI=1S/2C4H8O.C4H12Si2.4C3H9Si.2Ge.Mg/c2*1-2-4-5-3-1;1-5(2)6(3)4;4*1-4(2)3;;;/h2*1-4H2;1-4H3;4*1-3H3;;;/q;;;;;;;;;+2. The van der Waals surface area contributed by atoms with E-state index in [1.54, 1.807) is 0 Å². The van der Waals surface area contributed by atoms with Gasteiger partial charge in [-0.15, -0.1) is 0 Å². The molecule has 35 heavy (non-hydrogen) atoms. The van der Waals surface area contributed by atoms with Gasteiger partial charge in [0.2, 0.25) is 0 Å². The van der Waals surface area contributed by atoms with E-state index < -0.39 is 0 Å². The number of rotatable bonds is 1. The maximum absolute atomic E-state index is 4.94. The molecule has 2 nitrogen and oxygen atoms in total. The molecule has 11 heteroatoms. The van der Waals surface area contributed by atoms with Gasteiger partial charge in [-0.3, -0.25) is 0 Å². The Morgan fingerprint density at radius 1 is 0.343 bits per heavy atom. The summed E-state index contributed by atoms with van der Waals surface area (Å²) in [5.74, 6) is 0. The Bertz CT molecular complexity index is 233. The molecule has 2 aliphatic rings. The largest absolute Gasteiger partial charge is 2.00 e. The fraction of sp³-hybridized carbons (Fsp3) is 1.00. The van der Waals surface area contributed by atoms with Gasteiger partial charge in [0.25, 0.3) is 0 Å². The Labute approximate surface area is 274 Å². The average Bonchev–Trinajstić information content (AvgIpc) is 3.32. The second-order valence-corrected chi connectivity index (χ2v) is 32.6. The predicted molar refractivity (Wildman–Crippen MR) is 186 cm³/mol. The molecule has 0 amide bonds. The first-order valence-corrected chi connectivity index (χ1v) is 30.4. The Morgan fingerprint density at radius 2 is 0.457 bits per heavy atom. The van der Waals surface area contributed by atoms with Gasteiger partial charge in [-0.05, 0) is 25.7 Å². The summed E-state index contributed by atoms with van der Waals surface area (Å²) in [6, 6.07) is 0. The quantitative estimate of drug-likeness (QED) is 0.261. The van der Waals surface area contributed by atoms with E-state index in [1.807, 2.05) is 0 Å². The van der Waals surface area contributed by atoms with Crippen molar-refractivity contribution < 1.29 is 9.47 Å². The van der Waals surface area contributed by atoms with Gasteiger partial charge in [-0.1, -0.05) is 105 Å². The van der Waals surface area contributed by atoms with Crippen LogP contribution in [0, 0.1) is 0 Å². The summed E-state index contributed by atoms with van der Waals surface area (Å²) in [4.78, 5) is 0. The Kier molecular flexibility index (Phi) is 82.6. The summed E-state index contributed by atoms with van der Waals surface area (Å²) in [5.41, 5.74) is 0. The maximum Gasteiger partial charge on any atom is 2.00 e. The van der Waals surface area contributed by atoms with Gasteiger partial charge in [0.15, 0.2) is 0 Å². The van der Waals surface area contributed by atoms with E-state index in [9.17, 15) is 0 Å². The first kappa shape index (κ1) is 57.9. The van der Waals surface area contributed by atoms with E-state index >= 15 is 0 Å². The van der Waals surface area contributed by atoms with E-state index in [-0.39, 0.29) is 110 Å². The molecule has 0 spiro atoms. The van der Waals surface area contributed by atoms with Crippen LogP contribution in [0.5, 0.6) is 0 Å². The van der Waals surface area contributed by atoms with E-state index in [0.717, 1.165) is 26.4 Å². The van der Waals surface area contributed by atoms with Crippen LogP contribution in [0.2, 0.25) is 105 Å². The van der Waals surface area contributed by atoms with Crippen LogP contribution in [0.4, 0.5) is 0 Å². The minimum atomic E-state index is 0. The summed E-state index contributed by atoms with van der Waals surface area (Å²) in [7, 11) is 0.782. The molecule has 0 aromatic carbocycles. The fourth-order valence-corrected chi connectivity index (χ4v) is 1.02. The van der Waals surface area contributed by atoms with Crippen LogP contribution >= 0.6 is 0 Å². The van der Waals surface area contributed by atoms with E-state index in [2.05, 4.69) is 105 Å². The number of hydrogen-bond acceptors (Lipinski definition) is 2. The van der Waals surface area contributed by atoms with Crippen LogP contribution < -0.4 is 0 Å². The first-order chi connectivity index (χ1) is 14.6. The third kappa shape index (κ3) is 156. The zero-order chi connectivity index (χ0) is 26.5. The Hall–Kier alpha value is 3.07. The molecule has 0 aromatic heterocycles. The number of ether oxygens (including phenoxy) is 2. The molecule has 14 radical (unpaired) electrons. The summed E-state index contributed by atoms with van der Waals surface area (Å²) in [6.07, 6.45) is 5.11. The molecule has 0 unspecified atom stereocenters. The molecule has 2 heterocycles. The zero-order valence-corrected chi connectivity index (χ0v) is 38.8. The third-order valence-corrected chi connectivity index (χ3v) is 10.7. The minimum Gasteiger partial charge on any atom is -0.381 e. The molecule has 0 bridgehead atoms. The molecule has 2 aliphatic heterocycles. The van der Waals surface area contributed by atoms with Gasteiger partial charge in [0.1, 0.15) is 0 Å². The monoisotopic (exact) mass is 724 g/mol. The molecule has 2 fully saturated rings. The Morgan fingerprint density at radius 3 is 0.486 bits per heavy atom. The van der Waals surface area contributed by atoms with Gasteiger partial charge in [0.05, 0.1) is 0 Å². The van der Waals surface area contributed by atoms with E-state index in [4.69, 9.17) is 9.47 Å². The van der Waals surface area contributed by atoms with Crippen molar-refractivity contribution in [3.05, 3.63) is 0 Å². The average molecular weight is 723 g/mol. The van der Waals surface area contributed by atoms with E-state index in [1.165, 1.54) is 25.7 Å². The van der Waals surface area contributed by atoms with Crippen molar-refractivity contribution in [3.63, 3.8) is 0 Å². The topological polar surface area (TPSA) is 18.5 Å². The van der Waals surface area contributed by atoms with Crippen molar-refractivity contribution in [2.75, 3.05) is 26.4 Å². The van der Waals surface area contributed by atoms with Crippen molar-refractivity contribution in [2.45, 2.75) is 130 Å². The van der Waals surface area contributed by atoms with Crippen LogP contribution in [-0.4, -0.2) is 136 Å². The molecule has 0 aromatic rings. The first-order valence-electron chi connectivity index (χ1n) is 12.4. The molecule has 0 N–H and O–H groups in total. The summed E-state index contributed by atoms with van der Waals surface area (Å²) < 4.78 is 9.89. The Balaban J connectivity index is -0.0000000402. The smallest absolute Gasteiger partial charge is 0.381 e. The molecular formula is C24H64Ge2MgO2Si6+2. The molecule has 2 saturated heterocycles. The van der Waals surface area contributed by atoms with Gasteiger partial charge in [0, 0.05) is 113 Å². The SMILES string of the molecule is C1CCOC1.C1CCOC1.C[Si](C)C.C[Si](C)C.C[Si](C)C.C[Si](C)C.C[Si](C)[Si](C)C.[Ge].[Ge].[Mg+2]. The van der Waals surface area contributed by atoms with Crippen molar-refractivity contribution in [3.8, 4) is 0 Å². The van der Waals surface area contributed by atoms with Crippen molar-refractivity contribution in [1.82, 2.24) is 0 Å². The molecular weight excluding hydrogens is 658 g/mol. The van der Waals surface area contributed by atoms with Gasteiger partial charge < -0.3 is 9.47 Å². The molecule has 0 aliphatic carbocycles. The van der Waals surface area contributed by atoms with E-state index in [0.29, 0.717) is 0 Å². The fourth-order valence-electron chi connectivity index (χ4n) is 1.02. The van der Waals surface area contributed by atoms with Crippen LogP contribution in [0.1, 0.15) is 25.7 Å². The van der Waals surface area contributed by atoms with Crippen LogP contribution in [0.25, 0.3) is 0 Å². The van der Waals surface area contributed by atoms with Crippen molar-refractivity contribution >= 4 is 110 Å². The van der Waals surface area contributed by atoms with Crippen molar-refractivity contribution in [2.24, 2.45) is 0 Å². The van der Waals surface area contributed by atoms with Gasteiger partial charge >= 0.3 is 23.1 Å². The van der Waals surface area contributed by atoms with Gasteiger partial charge in [-0.25, -0.2) is 0 Å². The predicted octanol–water partition coefficient (Wildman–Crippen LogP) is 7.51. The van der Waals surface area contributed by atoms with Crippen LogP contribution in [0.15, 0.2) is 0 Å². The molecule has 204 valence electrons. The zero-order valence-electron chi connectivity index (χ0n) is 27.2. The van der Waals surface area contributed by atoms with Crippen LogP contribution in [-0.2, 0) is 9.47 Å². The van der Waals surface area contributed by atoms with Crippen LogP contribution in [0.3, 0.4) is 0 Å². The summed E-state index contributed by atoms with van der Waals surface area (Å²) >= 11 is 0. The normalized spacial score (nSPS) is 12.9. The number of hydrogen-bond donors (Lipinski definition) is 0. The minimum absolute atomic E-state index is 0. The second kappa shape index (κ2) is 50.0.